The SMILES string of the molecule is CCCn1nncc1C(O)C1Cc2ccccc2C1. The Balaban J connectivity index is 1.79. The molecule has 19 heavy (non-hydrogen) atoms. The maximum absolute atomic E-state index is 10.6. The van der Waals surface area contributed by atoms with E-state index in [2.05, 4.69) is 41.5 Å². The summed E-state index contributed by atoms with van der Waals surface area (Å²) in [6, 6.07) is 8.44. The predicted octanol–water partition coefficient (Wildman–Crippen LogP) is 2.14. The van der Waals surface area contributed by atoms with Crippen molar-refractivity contribution in [3.63, 3.8) is 0 Å². The first-order valence-electron chi connectivity index (χ1n) is 6.92. The molecule has 2 aromatic rings. The van der Waals surface area contributed by atoms with E-state index in [1.807, 2.05) is 4.68 Å². The first-order chi connectivity index (χ1) is 9.29. The average Bonchev–Trinajstić information content (AvgIpc) is 3.04. The smallest absolute Gasteiger partial charge is 0.101 e. The van der Waals surface area contributed by atoms with E-state index in [1.54, 1.807) is 6.20 Å². The second kappa shape index (κ2) is 5.13. The number of hydrogen-bond acceptors (Lipinski definition) is 3. The lowest BCUT2D eigenvalue weighted by molar-refractivity contribution is 0.104. The van der Waals surface area contributed by atoms with Crippen LogP contribution in [0.5, 0.6) is 0 Å². The summed E-state index contributed by atoms with van der Waals surface area (Å²) < 4.78 is 1.83. The molecule has 4 nitrogen and oxygen atoms in total. The van der Waals surface area contributed by atoms with Crippen molar-refractivity contribution in [2.75, 3.05) is 0 Å². The van der Waals surface area contributed by atoms with Gasteiger partial charge in [0.05, 0.1) is 11.9 Å². The largest absolute Gasteiger partial charge is 0.386 e. The molecule has 1 unspecified atom stereocenters. The molecule has 0 bridgehead atoms. The average molecular weight is 257 g/mol. The Morgan fingerprint density at radius 3 is 2.63 bits per heavy atom. The zero-order valence-corrected chi connectivity index (χ0v) is 11.2. The van der Waals surface area contributed by atoms with Gasteiger partial charge in [-0.15, -0.1) is 5.10 Å². The molecule has 1 atom stereocenters. The molecule has 0 spiro atoms. The van der Waals surface area contributed by atoms with Gasteiger partial charge >= 0.3 is 0 Å². The van der Waals surface area contributed by atoms with Crippen LogP contribution in [-0.2, 0) is 19.4 Å². The van der Waals surface area contributed by atoms with Gasteiger partial charge in [0.25, 0.3) is 0 Å². The molecule has 3 rings (SSSR count). The van der Waals surface area contributed by atoms with Crippen LogP contribution in [0.4, 0.5) is 0 Å². The highest BCUT2D eigenvalue weighted by molar-refractivity contribution is 5.33. The topological polar surface area (TPSA) is 50.9 Å². The van der Waals surface area contributed by atoms with E-state index < -0.39 is 6.10 Å². The standard InChI is InChI=1S/C15H19N3O/c1-2-7-18-14(10-16-17-18)15(19)13-8-11-5-3-4-6-12(11)9-13/h3-6,10,13,15,19H,2,7-9H2,1H3. The van der Waals surface area contributed by atoms with Crippen LogP contribution in [0.15, 0.2) is 30.5 Å². The van der Waals surface area contributed by atoms with Crippen LogP contribution in [0, 0.1) is 5.92 Å². The van der Waals surface area contributed by atoms with Gasteiger partial charge in [-0.3, -0.25) is 0 Å². The normalized spacial score (nSPS) is 16.5. The van der Waals surface area contributed by atoms with E-state index in [4.69, 9.17) is 0 Å². The summed E-state index contributed by atoms with van der Waals surface area (Å²) in [7, 11) is 0. The number of aryl methyl sites for hydroxylation is 1. The zero-order chi connectivity index (χ0) is 13.2. The monoisotopic (exact) mass is 257 g/mol. The second-order valence-electron chi connectivity index (χ2n) is 5.26. The molecule has 0 fully saturated rings. The van der Waals surface area contributed by atoms with Crippen molar-refractivity contribution in [3.05, 3.63) is 47.3 Å². The van der Waals surface area contributed by atoms with E-state index in [0.29, 0.717) is 0 Å². The first-order valence-corrected chi connectivity index (χ1v) is 6.92. The number of aliphatic hydroxyl groups excluding tert-OH is 1. The van der Waals surface area contributed by atoms with Gasteiger partial charge < -0.3 is 5.11 Å². The molecule has 1 aliphatic rings. The van der Waals surface area contributed by atoms with Crippen molar-refractivity contribution in [1.29, 1.82) is 0 Å². The highest BCUT2D eigenvalue weighted by Crippen LogP contribution is 2.34. The Labute approximate surface area is 113 Å². The molecule has 1 heterocycles. The maximum Gasteiger partial charge on any atom is 0.101 e. The minimum Gasteiger partial charge on any atom is -0.386 e. The molecule has 1 aliphatic carbocycles. The third-order valence-corrected chi connectivity index (χ3v) is 3.92. The molecular weight excluding hydrogens is 238 g/mol. The maximum atomic E-state index is 10.6. The number of aromatic nitrogens is 3. The minimum atomic E-state index is -0.478. The molecule has 4 heteroatoms. The van der Waals surface area contributed by atoms with Crippen LogP contribution in [0.3, 0.4) is 0 Å². The fourth-order valence-corrected chi connectivity index (χ4v) is 2.94. The van der Waals surface area contributed by atoms with Gasteiger partial charge in [-0.1, -0.05) is 36.4 Å². The van der Waals surface area contributed by atoms with Gasteiger partial charge in [-0.25, -0.2) is 4.68 Å². The lowest BCUT2D eigenvalue weighted by atomic mass is 9.97. The number of hydrogen-bond donors (Lipinski definition) is 1. The van der Waals surface area contributed by atoms with Crippen LogP contribution in [-0.4, -0.2) is 20.1 Å². The van der Waals surface area contributed by atoms with Crippen molar-refractivity contribution in [3.8, 4) is 0 Å². The van der Waals surface area contributed by atoms with Crippen LogP contribution < -0.4 is 0 Å². The summed E-state index contributed by atoms with van der Waals surface area (Å²) in [6.45, 7) is 2.91. The van der Waals surface area contributed by atoms with Crippen LogP contribution in [0.2, 0.25) is 0 Å². The Hall–Kier alpha value is -1.68. The van der Waals surface area contributed by atoms with E-state index >= 15 is 0 Å². The highest BCUT2D eigenvalue weighted by Gasteiger charge is 2.30. The minimum absolute atomic E-state index is 0.242. The number of aliphatic hydroxyl groups is 1. The van der Waals surface area contributed by atoms with Crippen molar-refractivity contribution in [1.82, 2.24) is 15.0 Å². The van der Waals surface area contributed by atoms with Crippen molar-refractivity contribution in [2.45, 2.75) is 38.8 Å². The second-order valence-corrected chi connectivity index (χ2v) is 5.26. The summed E-state index contributed by atoms with van der Waals surface area (Å²) >= 11 is 0. The Bertz CT molecular complexity index is 539. The third kappa shape index (κ3) is 2.28. The van der Waals surface area contributed by atoms with Gasteiger partial charge in [0.1, 0.15) is 6.10 Å². The lowest BCUT2D eigenvalue weighted by Crippen LogP contribution is -2.17. The van der Waals surface area contributed by atoms with Gasteiger partial charge in [-0.05, 0) is 36.3 Å². The molecule has 1 aromatic carbocycles. The highest BCUT2D eigenvalue weighted by atomic mass is 16.3. The molecular formula is C15H19N3O. The van der Waals surface area contributed by atoms with Crippen molar-refractivity contribution < 1.29 is 5.11 Å². The van der Waals surface area contributed by atoms with Gasteiger partial charge in [0.15, 0.2) is 0 Å². The van der Waals surface area contributed by atoms with E-state index in [1.165, 1.54) is 11.1 Å². The molecule has 1 N–H and O–H groups in total. The van der Waals surface area contributed by atoms with E-state index in [0.717, 1.165) is 31.5 Å². The van der Waals surface area contributed by atoms with E-state index in [9.17, 15) is 5.11 Å². The van der Waals surface area contributed by atoms with Gasteiger partial charge in [-0.2, -0.15) is 0 Å². The summed E-state index contributed by atoms with van der Waals surface area (Å²) in [6.07, 6.45) is 4.09. The predicted molar refractivity (Wildman–Crippen MR) is 72.6 cm³/mol. The number of nitrogens with zero attached hydrogens (tertiary/aromatic N) is 3. The first kappa shape index (κ1) is 12.4. The number of rotatable bonds is 4. The Morgan fingerprint density at radius 2 is 2.00 bits per heavy atom. The molecule has 0 saturated carbocycles. The van der Waals surface area contributed by atoms with E-state index in [-0.39, 0.29) is 5.92 Å². The Kier molecular flexibility index (Phi) is 3.34. The molecule has 0 amide bonds. The summed E-state index contributed by atoms with van der Waals surface area (Å²) in [5.74, 6) is 0.242. The molecule has 0 aliphatic heterocycles. The third-order valence-electron chi connectivity index (χ3n) is 3.92. The quantitative estimate of drug-likeness (QED) is 0.913. The van der Waals surface area contributed by atoms with Crippen molar-refractivity contribution >= 4 is 0 Å². The summed E-state index contributed by atoms with van der Waals surface area (Å²) in [5, 5.41) is 18.6. The summed E-state index contributed by atoms with van der Waals surface area (Å²) in [5.41, 5.74) is 3.57. The van der Waals surface area contributed by atoms with Crippen LogP contribution >= 0.6 is 0 Å². The van der Waals surface area contributed by atoms with Crippen LogP contribution in [0.1, 0.15) is 36.3 Å². The van der Waals surface area contributed by atoms with Crippen molar-refractivity contribution in [2.24, 2.45) is 5.92 Å². The molecule has 0 saturated heterocycles. The fourth-order valence-electron chi connectivity index (χ4n) is 2.94. The van der Waals surface area contributed by atoms with Crippen LogP contribution in [0.25, 0.3) is 0 Å². The lowest BCUT2D eigenvalue weighted by Gasteiger charge is -2.18. The van der Waals surface area contributed by atoms with Gasteiger partial charge in [0, 0.05) is 6.54 Å². The molecule has 100 valence electrons. The molecule has 1 aromatic heterocycles. The number of fused-ring (bicyclic) bond motifs is 1. The fraction of sp³-hybridized carbons (Fsp3) is 0.467. The number of benzene rings is 1. The summed E-state index contributed by atoms with van der Waals surface area (Å²) in [4.78, 5) is 0. The Morgan fingerprint density at radius 1 is 1.32 bits per heavy atom. The van der Waals surface area contributed by atoms with Gasteiger partial charge in [0.2, 0.25) is 0 Å². The zero-order valence-electron chi connectivity index (χ0n) is 11.2. The molecule has 0 radical (unpaired) electrons.